The second-order valence-corrected chi connectivity index (χ2v) is 3.62. The lowest BCUT2D eigenvalue weighted by atomic mass is 10.3. The Balaban J connectivity index is 2.11. The van der Waals surface area contributed by atoms with Crippen molar-refractivity contribution in [3.05, 3.63) is 57.2 Å². The smallest absolute Gasteiger partial charge is 0.251 e. The van der Waals surface area contributed by atoms with E-state index in [1.807, 2.05) is 30.3 Å². The summed E-state index contributed by atoms with van der Waals surface area (Å²) in [5.74, 6) is 0.752. The van der Waals surface area contributed by atoms with Gasteiger partial charge in [-0.2, -0.15) is 0 Å². The largest absolute Gasteiger partial charge is 0.487 e. The van der Waals surface area contributed by atoms with Crippen molar-refractivity contribution in [3.63, 3.8) is 0 Å². The van der Waals surface area contributed by atoms with Crippen molar-refractivity contribution in [2.24, 2.45) is 0 Å². The van der Waals surface area contributed by atoms with Crippen LogP contribution in [0.1, 0.15) is 5.69 Å². The van der Waals surface area contributed by atoms with Crippen LogP contribution in [-0.2, 0) is 6.61 Å². The summed E-state index contributed by atoms with van der Waals surface area (Å²) in [5.41, 5.74) is 0.424. The number of ether oxygens (including phenoxy) is 1. The second-order valence-electron chi connectivity index (χ2n) is 3.21. The molecule has 0 bridgehead atoms. The van der Waals surface area contributed by atoms with E-state index in [1.54, 1.807) is 0 Å². The Labute approximate surface area is 96.9 Å². The molecule has 2 N–H and O–H groups in total. The standard InChI is InChI=1S/C11H10N2O2S/c14-10-6-8(12-11(16)13-10)7-15-9-4-2-1-3-5-9/h1-6H,7H2,(H2,12,13,14,16). The van der Waals surface area contributed by atoms with E-state index in [2.05, 4.69) is 9.97 Å². The number of H-pyrrole nitrogens is 2. The first kappa shape index (κ1) is 10.6. The molecule has 2 rings (SSSR count). The minimum absolute atomic E-state index is 0.226. The fourth-order valence-corrected chi connectivity index (χ4v) is 1.51. The van der Waals surface area contributed by atoms with Crippen molar-refractivity contribution < 1.29 is 4.74 Å². The lowest BCUT2D eigenvalue weighted by Gasteiger charge is -2.05. The summed E-state index contributed by atoms with van der Waals surface area (Å²) in [5, 5.41) is 0. The average Bonchev–Trinajstić information content (AvgIpc) is 2.27. The predicted molar refractivity (Wildman–Crippen MR) is 63.0 cm³/mol. The fraction of sp³-hybridized carbons (Fsp3) is 0.0909. The van der Waals surface area contributed by atoms with Gasteiger partial charge in [0.2, 0.25) is 0 Å². The molecule has 5 heteroatoms. The molecule has 4 nitrogen and oxygen atoms in total. The maximum Gasteiger partial charge on any atom is 0.251 e. The highest BCUT2D eigenvalue weighted by Crippen LogP contribution is 2.09. The summed E-state index contributed by atoms with van der Waals surface area (Å²) in [4.78, 5) is 16.4. The van der Waals surface area contributed by atoms with Gasteiger partial charge in [-0.15, -0.1) is 0 Å². The molecular weight excluding hydrogens is 224 g/mol. The van der Waals surface area contributed by atoms with E-state index < -0.39 is 0 Å². The third-order valence-electron chi connectivity index (χ3n) is 1.95. The first-order valence-corrected chi connectivity index (χ1v) is 5.15. The quantitative estimate of drug-likeness (QED) is 0.799. The summed E-state index contributed by atoms with van der Waals surface area (Å²) >= 11 is 4.85. The highest BCUT2D eigenvalue weighted by atomic mass is 32.1. The van der Waals surface area contributed by atoms with Crippen molar-refractivity contribution in [1.29, 1.82) is 0 Å². The number of nitrogens with one attached hydrogen (secondary N) is 2. The van der Waals surface area contributed by atoms with Crippen LogP contribution in [0, 0.1) is 4.77 Å². The lowest BCUT2D eigenvalue weighted by molar-refractivity contribution is 0.300. The molecule has 0 aliphatic carbocycles. The van der Waals surface area contributed by atoms with E-state index in [-0.39, 0.29) is 12.2 Å². The summed E-state index contributed by atoms with van der Waals surface area (Å²) in [7, 11) is 0. The van der Waals surface area contributed by atoms with Gasteiger partial charge in [0.15, 0.2) is 4.77 Å². The van der Waals surface area contributed by atoms with Gasteiger partial charge < -0.3 is 9.72 Å². The molecule has 0 saturated carbocycles. The maximum absolute atomic E-state index is 11.1. The molecule has 82 valence electrons. The van der Waals surface area contributed by atoms with Crippen molar-refractivity contribution >= 4 is 12.2 Å². The topological polar surface area (TPSA) is 57.9 Å². The molecule has 0 unspecified atom stereocenters. The third-order valence-corrected chi connectivity index (χ3v) is 2.16. The number of aromatic nitrogens is 2. The summed E-state index contributed by atoms with van der Waals surface area (Å²) in [6.45, 7) is 0.289. The van der Waals surface area contributed by atoms with E-state index in [9.17, 15) is 4.79 Å². The number of hydrogen-bond acceptors (Lipinski definition) is 3. The van der Waals surface area contributed by atoms with Gasteiger partial charge in [0.1, 0.15) is 12.4 Å². The van der Waals surface area contributed by atoms with Crippen LogP contribution >= 0.6 is 12.2 Å². The summed E-state index contributed by atoms with van der Waals surface area (Å²) < 4.78 is 5.78. The van der Waals surface area contributed by atoms with Crippen molar-refractivity contribution in [3.8, 4) is 5.75 Å². The Bertz CT molecular complexity index is 546. The summed E-state index contributed by atoms with van der Waals surface area (Å²) in [6, 6.07) is 10.8. The van der Waals surface area contributed by atoms with Crippen LogP contribution in [-0.4, -0.2) is 9.97 Å². The normalized spacial score (nSPS) is 10.0. The van der Waals surface area contributed by atoms with E-state index in [1.165, 1.54) is 6.07 Å². The Morgan fingerprint density at radius 2 is 1.94 bits per heavy atom. The zero-order valence-corrected chi connectivity index (χ0v) is 9.21. The predicted octanol–water partition coefficient (Wildman–Crippen LogP) is 2.01. The number of para-hydroxylation sites is 1. The van der Waals surface area contributed by atoms with Crippen LogP contribution in [0.2, 0.25) is 0 Å². The first-order chi connectivity index (χ1) is 7.74. The molecule has 16 heavy (non-hydrogen) atoms. The van der Waals surface area contributed by atoms with Crippen molar-refractivity contribution in [2.45, 2.75) is 6.61 Å². The Hall–Kier alpha value is -1.88. The highest BCUT2D eigenvalue weighted by Gasteiger charge is 1.96. The van der Waals surface area contributed by atoms with E-state index in [0.29, 0.717) is 10.5 Å². The van der Waals surface area contributed by atoms with Crippen molar-refractivity contribution in [1.82, 2.24) is 9.97 Å². The molecule has 0 saturated heterocycles. The zero-order valence-electron chi connectivity index (χ0n) is 8.40. The van der Waals surface area contributed by atoms with Gasteiger partial charge in [-0.3, -0.25) is 9.78 Å². The van der Waals surface area contributed by atoms with Crippen LogP contribution in [0.25, 0.3) is 0 Å². The third kappa shape index (κ3) is 2.80. The zero-order chi connectivity index (χ0) is 11.4. The van der Waals surface area contributed by atoms with E-state index in [0.717, 1.165) is 5.75 Å². The Morgan fingerprint density at radius 1 is 1.19 bits per heavy atom. The van der Waals surface area contributed by atoms with Gasteiger partial charge in [0, 0.05) is 6.07 Å². The van der Waals surface area contributed by atoms with Crippen LogP contribution in [0.15, 0.2) is 41.2 Å². The van der Waals surface area contributed by atoms with Gasteiger partial charge in [-0.1, -0.05) is 18.2 Å². The maximum atomic E-state index is 11.1. The molecule has 0 aliphatic rings. The minimum Gasteiger partial charge on any atom is -0.487 e. The van der Waals surface area contributed by atoms with Crippen molar-refractivity contribution in [2.75, 3.05) is 0 Å². The molecule has 1 aromatic carbocycles. The average molecular weight is 234 g/mol. The van der Waals surface area contributed by atoms with Gasteiger partial charge in [-0.25, -0.2) is 0 Å². The molecule has 0 atom stereocenters. The molecule has 1 heterocycles. The lowest BCUT2D eigenvalue weighted by Crippen LogP contribution is -2.10. The van der Waals surface area contributed by atoms with Gasteiger partial charge in [0.05, 0.1) is 5.69 Å². The molecule has 0 spiro atoms. The number of aromatic amines is 2. The number of benzene rings is 1. The van der Waals surface area contributed by atoms with E-state index in [4.69, 9.17) is 17.0 Å². The van der Waals surface area contributed by atoms with Crippen LogP contribution < -0.4 is 10.3 Å². The minimum atomic E-state index is -0.226. The molecule has 2 aromatic rings. The van der Waals surface area contributed by atoms with Gasteiger partial charge in [-0.05, 0) is 24.4 Å². The van der Waals surface area contributed by atoms with Gasteiger partial charge in [0.25, 0.3) is 5.56 Å². The number of hydrogen-bond donors (Lipinski definition) is 2. The monoisotopic (exact) mass is 234 g/mol. The molecule has 0 fully saturated rings. The molecular formula is C11H10N2O2S. The van der Waals surface area contributed by atoms with Gasteiger partial charge >= 0.3 is 0 Å². The molecule has 0 amide bonds. The van der Waals surface area contributed by atoms with E-state index >= 15 is 0 Å². The van der Waals surface area contributed by atoms with Crippen LogP contribution in [0.4, 0.5) is 0 Å². The summed E-state index contributed by atoms with van der Waals surface area (Å²) in [6.07, 6.45) is 0. The Kier molecular flexibility index (Phi) is 3.16. The SMILES string of the molecule is O=c1cc(COc2ccccc2)[nH]c(=S)[nH]1. The molecule has 0 aliphatic heterocycles. The number of rotatable bonds is 3. The first-order valence-electron chi connectivity index (χ1n) is 4.74. The van der Waals surface area contributed by atoms with Crippen LogP contribution in [0.5, 0.6) is 5.75 Å². The highest BCUT2D eigenvalue weighted by molar-refractivity contribution is 7.71. The van der Waals surface area contributed by atoms with Crippen LogP contribution in [0.3, 0.4) is 0 Å². The molecule has 1 aromatic heterocycles. The molecule has 0 radical (unpaired) electrons. The Morgan fingerprint density at radius 3 is 2.62 bits per heavy atom. The fourth-order valence-electron chi connectivity index (χ4n) is 1.27. The second kappa shape index (κ2) is 4.76.